The predicted molar refractivity (Wildman–Crippen MR) is 128 cm³/mol. The third-order valence-electron chi connectivity index (χ3n) is 6.67. The molecule has 1 radical (unpaired) electrons. The van der Waals surface area contributed by atoms with Gasteiger partial charge in [0.2, 0.25) is 0 Å². The summed E-state index contributed by atoms with van der Waals surface area (Å²) in [5.74, 6) is 0.676. The van der Waals surface area contributed by atoms with Crippen molar-refractivity contribution < 1.29 is 19.1 Å². The molecule has 2 heterocycles. The Balaban J connectivity index is 1.69. The quantitative estimate of drug-likeness (QED) is 0.570. The number of likely N-dealkylation sites (N-methyl/N-ethyl adjacent to an activating group) is 1. The molecule has 2 aliphatic heterocycles. The number of ether oxygens (including phenoxy) is 2. The van der Waals surface area contributed by atoms with Crippen molar-refractivity contribution in [3.63, 3.8) is 0 Å². The first-order chi connectivity index (χ1) is 16.0. The number of carbonyl (C=O) groups is 2. The SMILES string of the molecule is [CH2]CCC(c1ccc(OC)c(OC)c1)N1C(=O)c2cccc(N3CCN(CC)CC3)c2C1=O. The lowest BCUT2D eigenvalue weighted by Crippen LogP contribution is -2.46. The molecule has 0 saturated carbocycles. The molecule has 0 aliphatic carbocycles. The van der Waals surface area contributed by atoms with Gasteiger partial charge in [-0.25, -0.2) is 0 Å². The Morgan fingerprint density at radius 2 is 1.70 bits per heavy atom. The number of fused-ring (bicyclic) bond motifs is 1. The fourth-order valence-corrected chi connectivity index (χ4v) is 4.84. The summed E-state index contributed by atoms with van der Waals surface area (Å²) in [4.78, 5) is 33.3. The van der Waals surface area contributed by atoms with E-state index >= 15 is 0 Å². The van der Waals surface area contributed by atoms with Crippen LogP contribution in [-0.4, -0.2) is 68.6 Å². The Bertz CT molecular complexity index is 1030. The van der Waals surface area contributed by atoms with Crippen molar-refractivity contribution in [3.05, 3.63) is 60.0 Å². The fourth-order valence-electron chi connectivity index (χ4n) is 4.84. The van der Waals surface area contributed by atoms with Gasteiger partial charge in [0, 0.05) is 26.2 Å². The maximum atomic E-state index is 13.7. The second-order valence-corrected chi connectivity index (χ2v) is 8.37. The standard InChI is InChI=1S/C26H32N3O4/c1-5-8-20(18-11-12-22(32-3)23(17-18)33-4)29-25(30)19-9-7-10-21(24(19)26(29)31)28-15-13-27(6-2)14-16-28/h7,9-12,17,20H,1,5-6,8,13-16H2,2-4H3. The van der Waals surface area contributed by atoms with Crippen molar-refractivity contribution in [1.29, 1.82) is 0 Å². The lowest BCUT2D eigenvalue weighted by molar-refractivity contribution is 0.0574. The topological polar surface area (TPSA) is 62.3 Å². The van der Waals surface area contributed by atoms with Crippen LogP contribution in [0.1, 0.15) is 52.1 Å². The monoisotopic (exact) mass is 450 g/mol. The molecule has 2 aliphatic rings. The number of methoxy groups -OCH3 is 2. The highest BCUT2D eigenvalue weighted by molar-refractivity contribution is 6.24. The number of piperazine rings is 1. The number of benzene rings is 2. The highest BCUT2D eigenvalue weighted by Gasteiger charge is 2.42. The van der Waals surface area contributed by atoms with E-state index in [1.807, 2.05) is 24.3 Å². The van der Waals surface area contributed by atoms with Gasteiger partial charge in [-0.15, -0.1) is 0 Å². The molecule has 1 fully saturated rings. The summed E-state index contributed by atoms with van der Waals surface area (Å²) in [6, 6.07) is 10.7. The smallest absolute Gasteiger partial charge is 0.264 e. The Morgan fingerprint density at radius 1 is 0.970 bits per heavy atom. The summed E-state index contributed by atoms with van der Waals surface area (Å²) in [5.41, 5.74) is 2.67. The van der Waals surface area contributed by atoms with Gasteiger partial charge < -0.3 is 19.3 Å². The summed E-state index contributed by atoms with van der Waals surface area (Å²) < 4.78 is 10.8. The van der Waals surface area contributed by atoms with Crippen molar-refractivity contribution in [1.82, 2.24) is 9.80 Å². The lowest BCUT2D eigenvalue weighted by atomic mass is 10.00. The normalized spacial score (nSPS) is 17.3. The van der Waals surface area contributed by atoms with E-state index in [1.54, 1.807) is 26.4 Å². The van der Waals surface area contributed by atoms with Crippen molar-refractivity contribution >= 4 is 17.5 Å². The lowest BCUT2D eigenvalue weighted by Gasteiger charge is -2.36. The summed E-state index contributed by atoms with van der Waals surface area (Å²) in [5, 5.41) is 0. The van der Waals surface area contributed by atoms with E-state index in [0.29, 0.717) is 35.5 Å². The van der Waals surface area contributed by atoms with Crippen molar-refractivity contribution in [2.75, 3.05) is 51.8 Å². The van der Waals surface area contributed by atoms with E-state index in [9.17, 15) is 9.59 Å². The summed E-state index contributed by atoms with van der Waals surface area (Å²) >= 11 is 0. The van der Waals surface area contributed by atoms with Gasteiger partial charge in [-0.05, 0) is 42.8 Å². The minimum absolute atomic E-state index is 0.239. The van der Waals surface area contributed by atoms with Crippen LogP contribution in [0.15, 0.2) is 36.4 Å². The number of rotatable bonds is 8. The van der Waals surface area contributed by atoms with Crippen LogP contribution in [0, 0.1) is 6.92 Å². The Kier molecular flexibility index (Phi) is 6.88. The average Bonchev–Trinajstić information content (AvgIpc) is 3.12. The van der Waals surface area contributed by atoms with E-state index in [4.69, 9.17) is 9.47 Å². The van der Waals surface area contributed by atoms with Gasteiger partial charge in [0.15, 0.2) is 11.5 Å². The maximum Gasteiger partial charge on any atom is 0.264 e. The van der Waals surface area contributed by atoms with Crippen LogP contribution in [-0.2, 0) is 0 Å². The molecule has 1 saturated heterocycles. The van der Waals surface area contributed by atoms with Gasteiger partial charge in [-0.1, -0.05) is 32.4 Å². The van der Waals surface area contributed by atoms with Crippen LogP contribution >= 0.6 is 0 Å². The van der Waals surface area contributed by atoms with E-state index in [-0.39, 0.29) is 11.8 Å². The zero-order valence-electron chi connectivity index (χ0n) is 19.7. The van der Waals surface area contributed by atoms with Gasteiger partial charge >= 0.3 is 0 Å². The van der Waals surface area contributed by atoms with Crippen LogP contribution < -0.4 is 14.4 Å². The summed E-state index contributed by atoms with van der Waals surface area (Å²) in [6.07, 6.45) is 1.14. The second kappa shape index (κ2) is 9.83. The predicted octanol–water partition coefficient (Wildman–Crippen LogP) is 3.80. The highest BCUT2D eigenvalue weighted by atomic mass is 16.5. The van der Waals surface area contributed by atoms with Gasteiger partial charge in [0.1, 0.15) is 0 Å². The third kappa shape index (κ3) is 4.17. The molecule has 7 heteroatoms. The first-order valence-electron chi connectivity index (χ1n) is 11.5. The molecule has 33 heavy (non-hydrogen) atoms. The maximum absolute atomic E-state index is 13.7. The molecule has 175 valence electrons. The van der Waals surface area contributed by atoms with E-state index in [0.717, 1.165) is 44.0 Å². The molecule has 4 rings (SSSR count). The van der Waals surface area contributed by atoms with Crippen LogP contribution in [0.4, 0.5) is 5.69 Å². The number of amides is 2. The van der Waals surface area contributed by atoms with Crippen molar-refractivity contribution in [2.24, 2.45) is 0 Å². The number of hydrogen-bond donors (Lipinski definition) is 0. The second-order valence-electron chi connectivity index (χ2n) is 8.37. The number of nitrogens with zero attached hydrogens (tertiary/aromatic N) is 3. The molecule has 7 nitrogen and oxygen atoms in total. The zero-order chi connectivity index (χ0) is 23.5. The molecule has 0 spiro atoms. The molecule has 0 N–H and O–H groups in total. The van der Waals surface area contributed by atoms with Crippen molar-refractivity contribution in [3.8, 4) is 11.5 Å². The number of imide groups is 1. The van der Waals surface area contributed by atoms with Crippen LogP contribution in [0.2, 0.25) is 0 Å². The Morgan fingerprint density at radius 3 is 2.33 bits per heavy atom. The molecular weight excluding hydrogens is 418 g/mol. The number of anilines is 1. The number of carbonyl (C=O) groups excluding carboxylic acids is 2. The molecule has 2 amide bonds. The zero-order valence-corrected chi connectivity index (χ0v) is 19.7. The molecule has 1 unspecified atom stereocenters. The molecular formula is C26H32N3O4. The van der Waals surface area contributed by atoms with Crippen LogP contribution in [0.3, 0.4) is 0 Å². The minimum atomic E-state index is -0.431. The largest absolute Gasteiger partial charge is 0.493 e. The average molecular weight is 451 g/mol. The van der Waals surface area contributed by atoms with Crippen LogP contribution in [0.25, 0.3) is 0 Å². The van der Waals surface area contributed by atoms with Crippen molar-refractivity contribution in [2.45, 2.75) is 25.8 Å². The first kappa shape index (κ1) is 23.1. The summed E-state index contributed by atoms with van der Waals surface area (Å²) in [6.45, 7) is 10.7. The van der Waals surface area contributed by atoms with Gasteiger partial charge in [-0.2, -0.15) is 0 Å². The van der Waals surface area contributed by atoms with Gasteiger partial charge in [0.25, 0.3) is 11.8 Å². The first-order valence-corrected chi connectivity index (χ1v) is 11.5. The summed E-state index contributed by atoms with van der Waals surface area (Å²) in [7, 11) is 3.15. The van der Waals surface area contributed by atoms with E-state index < -0.39 is 6.04 Å². The van der Waals surface area contributed by atoms with Crippen LogP contribution in [0.5, 0.6) is 11.5 Å². The fraction of sp³-hybridized carbons (Fsp3) is 0.423. The molecule has 1 atom stereocenters. The highest BCUT2D eigenvalue weighted by Crippen LogP contribution is 2.40. The molecule has 0 aromatic heterocycles. The molecule has 2 aromatic rings. The third-order valence-corrected chi connectivity index (χ3v) is 6.67. The minimum Gasteiger partial charge on any atom is -0.493 e. The van der Waals surface area contributed by atoms with E-state index in [1.165, 1.54) is 4.90 Å². The molecule has 2 aromatic carbocycles. The van der Waals surface area contributed by atoms with Gasteiger partial charge in [-0.3, -0.25) is 14.5 Å². The Hall–Kier alpha value is -3.06. The molecule has 0 bridgehead atoms. The van der Waals surface area contributed by atoms with Gasteiger partial charge in [0.05, 0.1) is 37.1 Å². The Labute approximate surface area is 195 Å². The van der Waals surface area contributed by atoms with E-state index in [2.05, 4.69) is 23.6 Å². The number of hydrogen-bond acceptors (Lipinski definition) is 6.